The first-order valence-electron chi connectivity index (χ1n) is 8.00. The molecule has 0 aromatic heterocycles. The standard InChI is InChI=1S/C19H23N3O2/c1-3-22(13-15-8-5-4-6-9-15)14-18(23)21-17-11-7-10-16(12-17)19(24)20-2/h4-12H,3,13-14H2,1-2H3,(H,20,24)(H,21,23). The number of nitrogens with one attached hydrogen (secondary N) is 2. The fourth-order valence-corrected chi connectivity index (χ4v) is 2.41. The van der Waals surface area contributed by atoms with Gasteiger partial charge in [0.25, 0.3) is 5.91 Å². The molecule has 24 heavy (non-hydrogen) atoms. The molecule has 0 atom stereocenters. The van der Waals surface area contributed by atoms with Gasteiger partial charge in [-0.2, -0.15) is 0 Å². The van der Waals surface area contributed by atoms with Gasteiger partial charge >= 0.3 is 0 Å². The molecule has 0 bridgehead atoms. The summed E-state index contributed by atoms with van der Waals surface area (Å²) in [5.41, 5.74) is 2.32. The monoisotopic (exact) mass is 325 g/mol. The summed E-state index contributed by atoms with van der Waals surface area (Å²) in [5.74, 6) is -0.271. The molecule has 0 spiro atoms. The smallest absolute Gasteiger partial charge is 0.251 e. The fourth-order valence-electron chi connectivity index (χ4n) is 2.41. The van der Waals surface area contributed by atoms with Crippen LogP contribution in [0.2, 0.25) is 0 Å². The zero-order valence-corrected chi connectivity index (χ0v) is 14.1. The Morgan fingerprint density at radius 3 is 2.46 bits per heavy atom. The first kappa shape index (κ1) is 17.7. The van der Waals surface area contributed by atoms with Crippen LogP contribution >= 0.6 is 0 Å². The van der Waals surface area contributed by atoms with Crippen molar-refractivity contribution in [2.45, 2.75) is 13.5 Å². The van der Waals surface area contributed by atoms with E-state index in [0.717, 1.165) is 13.1 Å². The topological polar surface area (TPSA) is 61.4 Å². The van der Waals surface area contributed by atoms with Gasteiger partial charge in [-0.3, -0.25) is 14.5 Å². The summed E-state index contributed by atoms with van der Waals surface area (Å²) in [4.78, 5) is 26.0. The van der Waals surface area contributed by atoms with E-state index in [9.17, 15) is 9.59 Å². The quantitative estimate of drug-likeness (QED) is 0.822. The number of rotatable bonds is 7. The summed E-state index contributed by atoms with van der Waals surface area (Å²) in [6, 6.07) is 17.0. The summed E-state index contributed by atoms with van der Waals surface area (Å²) < 4.78 is 0. The van der Waals surface area contributed by atoms with Crippen molar-refractivity contribution in [2.24, 2.45) is 0 Å². The molecule has 0 heterocycles. The third-order valence-electron chi connectivity index (χ3n) is 3.70. The molecule has 2 rings (SSSR count). The molecule has 0 saturated carbocycles. The molecule has 0 aliphatic heterocycles. The highest BCUT2D eigenvalue weighted by Gasteiger charge is 2.11. The van der Waals surface area contributed by atoms with Gasteiger partial charge in [-0.25, -0.2) is 0 Å². The van der Waals surface area contributed by atoms with E-state index in [2.05, 4.69) is 15.5 Å². The molecule has 0 fully saturated rings. The van der Waals surface area contributed by atoms with Crippen molar-refractivity contribution in [2.75, 3.05) is 25.5 Å². The third-order valence-corrected chi connectivity index (χ3v) is 3.70. The first-order chi connectivity index (χ1) is 11.6. The molecule has 5 heteroatoms. The lowest BCUT2D eigenvalue weighted by Crippen LogP contribution is -2.32. The maximum atomic E-state index is 12.3. The van der Waals surface area contributed by atoms with Crippen molar-refractivity contribution >= 4 is 17.5 Å². The highest BCUT2D eigenvalue weighted by Crippen LogP contribution is 2.11. The van der Waals surface area contributed by atoms with E-state index in [4.69, 9.17) is 0 Å². The number of carbonyl (C=O) groups is 2. The van der Waals surface area contributed by atoms with Crippen LogP contribution in [0.1, 0.15) is 22.8 Å². The van der Waals surface area contributed by atoms with Crippen LogP contribution in [0.4, 0.5) is 5.69 Å². The lowest BCUT2D eigenvalue weighted by Gasteiger charge is -2.20. The van der Waals surface area contributed by atoms with Crippen molar-refractivity contribution in [3.63, 3.8) is 0 Å². The van der Waals surface area contributed by atoms with Gasteiger partial charge in [0.2, 0.25) is 5.91 Å². The minimum atomic E-state index is -0.176. The van der Waals surface area contributed by atoms with Crippen molar-refractivity contribution in [1.82, 2.24) is 10.2 Å². The molecular formula is C19H23N3O2. The average Bonchev–Trinajstić information content (AvgIpc) is 2.61. The van der Waals surface area contributed by atoms with Gasteiger partial charge in [0.1, 0.15) is 0 Å². The molecule has 126 valence electrons. The summed E-state index contributed by atoms with van der Waals surface area (Å²) in [6.07, 6.45) is 0. The van der Waals surface area contributed by atoms with Gasteiger partial charge in [-0.15, -0.1) is 0 Å². The Bertz CT molecular complexity index is 686. The van der Waals surface area contributed by atoms with Gasteiger partial charge < -0.3 is 10.6 Å². The van der Waals surface area contributed by atoms with Gasteiger partial charge in [-0.05, 0) is 30.3 Å². The van der Waals surface area contributed by atoms with Crippen molar-refractivity contribution in [3.8, 4) is 0 Å². The third kappa shape index (κ3) is 5.21. The number of anilines is 1. The molecule has 2 N–H and O–H groups in total. The van der Waals surface area contributed by atoms with Crippen molar-refractivity contribution in [3.05, 3.63) is 65.7 Å². The van der Waals surface area contributed by atoms with E-state index in [1.807, 2.05) is 37.3 Å². The minimum Gasteiger partial charge on any atom is -0.355 e. The number of carbonyl (C=O) groups excluding carboxylic acids is 2. The molecule has 5 nitrogen and oxygen atoms in total. The molecular weight excluding hydrogens is 302 g/mol. The summed E-state index contributed by atoms with van der Waals surface area (Å²) in [6.45, 7) is 3.83. The second-order valence-corrected chi connectivity index (χ2v) is 5.50. The lowest BCUT2D eigenvalue weighted by molar-refractivity contribution is -0.117. The van der Waals surface area contributed by atoms with Crippen LogP contribution in [0.5, 0.6) is 0 Å². The van der Waals surface area contributed by atoms with Crippen LogP contribution in [-0.2, 0) is 11.3 Å². The number of likely N-dealkylation sites (N-methyl/N-ethyl adjacent to an activating group) is 1. The second-order valence-electron chi connectivity index (χ2n) is 5.50. The van der Waals surface area contributed by atoms with Crippen LogP contribution < -0.4 is 10.6 Å². The lowest BCUT2D eigenvalue weighted by atomic mass is 10.2. The average molecular weight is 325 g/mol. The zero-order valence-electron chi connectivity index (χ0n) is 14.1. The predicted molar refractivity (Wildman–Crippen MR) is 95.9 cm³/mol. The Balaban J connectivity index is 1.95. The Morgan fingerprint density at radius 1 is 1.04 bits per heavy atom. The van der Waals surface area contributed by atoms with Gasteiger partial charge in [0, 0.05) is 24.8 Å². The van der Waals surface area contributed by atoms with Gasteiger partial charge in [0.15, 0.2) is 0 Å². The highest BCUT2D eigenvalue weighted by molar-refractivity contribution is 5.97. The number of hydrogen-bond acceptors (Lipinski definition) is 3. The van der Waals surface area contributed by atoms with Gasteiger partial charge in [-0.1, -0.05) is 43.3 Å². The summed E-state index contributed by atoms with van der Waals surface area (Å²) in [7, 11) is 1.58. The minimum absolute atomic E-state index is 0.0955. The largest absolute Gasteiger partial charge is 0.355 e. The van der Waals surface area contributed by atoms with Gasteiger partial charge in [0.05, 0.1) is 6.54 Å². The fraction of sp³-hybridized carbons (Fsp3) is 0.263. The Morgan fingerprint density at radius 2 is 1.79 bits per heavy atom. The van der Waals surface area contributed by atoms with E-state index in [-0.39, 0.29) is 11.8 Å². The molecule has 2 aromatic carbocycles. The van der Waals surface area contributed by atoms with E-state index in [1.165, 1.54) is 5.56 Å². The number of amides is 2. The Hall–Kier alpha value is -2.66. The maximum absolute atomic E-state index is 12.3. The summed E-state index contributed by atoms with van der Waals surface area (Å²) in [5, 5.41) is 5.42. The number of hydrogen-bond donors (Lipinski definition) is 2. The SMILES string of the molecule is CCN(CC(=O)Nc1cccc(C(=O)NC)c1)Cc1ccccc1. The van der Waals surface area contributed by atoms with E-state index < -0.39 is 0 Å². The highest BCUT2D eigenvalue weighted by atomic mass is 16.2. The molecule has 0 saturated heterocycles. The second kappa shape index (κ2) is 8.84. The molecule has 0 unspecified atom stereocenters. The molecule has 0 radical (unpaired) electrons. The van der Waals surface area contributed by atoms with Crippen molar-refractivity contribution in [1.29, 1.82) is 0 Å². The first-order valence-corrected chi connectivity index (χ1v) is 8.00. The van der Waals surface area contributed by atoms with E-state index in [0.29, 0.717) is 17.8 Å². The number of benzene rings is 2. The summed E-state index contributed by atoms with van der Waals surface area (Å²) >= 11 is 0. The molecule has 2 amide bonds. The van der Waals surface area contributed by atoms with Crippen molar-refractivity contribution < 1.29 is 9.59 Å². The normalized spacial score (nSPS) is 10.5. The Labute approximate surface area is 142 Å². The number of nitrogens with zero attached hydrogens (tertiary/aromatic N) is 1. The maximum Gasteiger partial charge on any atom is 0.251 e. The predicted octanol–water partition coefficient (Wildman–Crippen LogP) is 2.51. The van der Waals surface area contributed by atoms with Crippen LogP contribution in [0.15, 0.2) is 54.6 Å². The van der Waals surface area contributed by atoms with E-state index >= 15 is 0 Å². The Kier molecular flexibility index (Phi) is 6.51. The van der Waals surface area contributed by atoms with Crippen LogP contribution in [0.3, 0.4) is 0 Å². The zero-order chi connectivity index (χ0) is 17.4. The molecule has 0 aliphatic rings. The van der Waals surface area contributed by atoms with Crippen LogP contribution in [0.25, 0.3) is 0 Å². The molecule has 2 aromatic rings. The van der Waals surface area contributed by atoms with Crippen LogP contribution in [0, 0.1) is 0 Å². The molecule has 0 aliphatic carbocycles. The van der Waals surface area contributed by atoms with Crippen LogP contribution in [-0.4, -0.2) is 36.9 Å². The van der Waals surface area contributed by atoms with E-state index in [1.54, 1.807) is 31.3 Å².